The number of nitrogens with one attached hydrogen (secondary N) is 1. The third kappa shape index (κ3) is 3.82. The fraction of sp³-hybridized carbons (Fsp3) is 0.733. The van der Waals surface area contributed by atoms with E-state index in [9.17, 15) is 0 Å². The van der Waals surface area contributed by atoms with Gasteiger partial charge in [-0.3, -0.25) is 0 Å². The van der Waals surface area contributed by atoms with Crippen LogP contribution in [0.3, 0.4) is 0 Å². The maximum absolute atomic E-state index is 6.05. The molecule has 1 aromatic rings. The van der Waals surface area contributed by atoms with E-state index in [0.29, 0.717) is 11.1 Å². The molecule has 0 atom stereocenters. The minimum Gasteiger partial charge on any atom is -0.370 e. The molecule has 1 aromatic heterocycles. The van der Waals surface area contributed by atoms with E-state index in [2.05, 4.69) is 15.3 Å². The molecule has 0 saturated heterocycles. The maximum atomic E-state index is 6.05. The standard InChI is InChI=1S/C15H22ClN3/c16-13-10-14(19-15(18-13)12-7-8-12)17-9-3-6-11-4-1-2-5-11/h10-12H,1-9H2,(H,17,18,19). The van der Waals surface area contributed by atoms with Gasteiger partial charge >= 0.3 is 0 Å². The Morgan fingerprint density at radius 2 is 1.95 bits per heavy atom. The highest BCUT2D eigenvalue weighted by molar-refractivity contribution is 6.29. The van der Waals surface area contributed by atoms with Crippen LogP contribution in [0.2, 0.25) is 5.15 Å². The van der Waals surface area contributed by atoms with E-state index in [4.69, 9.17) is 11.6 Å². The van der Waals surface area contributed by atoms with Gasteiger partial charge in [-0.25, -0.2) is 9.97 Å². The summed E-state index contributed by atoms with van der Waals surface area (Å²) in [5.74, 6) is 3.34. The SMILES string of the molecule is Clc1cc(NCCCC2CCCC2)nc(C2CC2)n1. The summed E-state index contributed by atoms with van der Waals surface area (Å²) in [6.07, 6.45) is 10.7. The van der Waals surface area contributed by atoms with Crippen molar-refractivity contribution in [2.24, 2.45) is 5.92 Å². The third-order valence-electron chi connectivity index (χ3n) is 4.22. The summed E-state index contributed by atoms with van der Waals surface area (Å²) in [6, 6.07) is 1.84. The molecular formula is C15H22ClN3. The van der Waals surface area contributed by atoms with Crippen LogP contribution in [0.5, 0.6) is 0 Å². The molecule has 0 radical (unpaired) electrons. The first-order valence-corrected chi connectivity index (χ1v) is 7.97. The van der Waals surface area contributed by atoms with Crippen molar-refractivity contribution in [3.63, 3.8) is 0 Å². The van der Waals surface area contributed by atoms with Gasteiger partial charge in [0.2, 0.25) is 0 Å². The molecule has 1 N–H and O–H groups in total. The molecule has 2 aliphatic carbocycles. The second-order valence-electron chi connectivity index (χ2n) is 5.93. The van der Waals surface area contributed by atoms with Crippen LogP contribution in [0, 0.1) is 5.92 Å². The molecule has 104 valence electrons. The summed E-state index contributed by atoms with van der Waals surface area (Å²) >= 11 is 6.05. The van der Waals surface area contributed by atoms with E-state index in [-0.39, 0.29) is 0 Å². The Balaban J connectivity index is 1.46. The Labute approximate surface area is 120 Å². The second kappa shape index (κ2) is 6.08. The molecule has 4 heteroatoms. The maximum Gasteiger partial charge on any atom is 0.135 e. The highest BCUT2D eigenvalue weighted by Gasteiger charge is 2.27. The summed E-state index contributed by atoms with van der Waals surface area (Å²) in [7, 11) is 0. The molecule has 2 saturated carbocycles. The van der Waals surface area contributed by atoms with Gasteiger partial charge in [-0.2, -0.15) is 0 Å². The molecular weight excluding hydrogens is 258 g/mol. The van der Waals surface area contributed by atoms with Crippen molar-refractivity contribution in [1.29, 1.82) is 0 Å². The Hall–Kier alpha value is -0.830. The third-order valence-corrected chi connectivity index (χ3v) is 4.42. The molecule has 0 bridgehead atoms. The zero-order chi connectivity index (χ0) is 13.1. The number of rotatable bonds is 6. The zero-order valence-corrected chi connectivity index (χ0v) is 12.1. The highest BCUT2D eigenvalue weighted by atomic mass is 35.5. The van der Waals surface area contributed by atoms with Crippen LogP contribution in [0.1, 0.15) is 63.1 Å². The topological polar surface area (TPSA) is 37.8 Å². The van der Waals surface area contributed by atoms with Gasteiger partial charge in [0.15, 0.2) is 0 Å². The predicted molar refractivity (Wildman–Crippen MR) is 78.7 cm³/mol. The van der Waals surface area contributed by atoms with E-state index in [1.165, 1.54) is 51.4 Å². The number of hydrogen-bond acceptors (Lipinski definition) is 3. The predicted octanol–water partition coefficient (Wildman–Crippen LogP) is 4.39. The average Bonchev–Trinajstić information content (AvgIpc) is 3.12. The van der Waals surface area contributed by atoms with Crippen LogP contribution in [0.4, 0.5) is 5.82 Å². The Kier molecular flexibility index (Phi) is 4.21. The molecule has 0 aliphatic heterocycles. The summed E-state index contributed by atoms with van der Waals surface area (Å²) in [5, 5.41) is 3.96. The average molecular weight is 280 g/mol. The minimum atomic E-state index is 0.553. The molecule has 0 aromatic carbocycles. The van der Waals surface area contributed by atoms with E-state index < -0.39 is 0 Å². The van der Waals surface area contributed by atoms with Crippen LogP contribution >= 0.6 is 11.6 Å². The van der Waals surface area contributed by atoms with Crippen molar-refractivity contribution in [2.75, 3.05) is 11.9 Å². The molecule has 19 heavy (non-hydrogen) atoms. The van der Waals surface area contributed by atoms with Crippen LogP contribution < -0.4 is 5.32 Å². The Morgan fingerprint density at radius 3 is 2.68 bits per heavy atom. The summed E-state index contributed by atoms with van der Waals surface area (Å²) < 4.78 is 0. The molecule has 3 nitrogen and oxygen atoms in total. The first-order valence-electron chi connectivity index (χ1n) is 7.59. The van der Waals surface area contributed by atoms with Gasteiger partial charge in [0.05, 0.1) is 0 Å². The number of nitrogens with zero attached hydrogens (tertiary/aromatic N) is 2. The Bertz CT molecular complexity index is 425. The number of halogens is 1. The lowest BCUT2D eigenvalue weighted by atomic mass is 10.0. The number of anilines is 1. The van der Waals surface area contributed by atoms with E-state index in [1.54, 1.807) is 0 Å². The monoisotopic (exact) mass is 279 g/mol. The van der Waals surface area contributed by atoms with Gasteiger partial charge in [0, 0.05) is 18.5 Å². The highest BCUT2D eigenvalue weighted by Crippen LogP contribution is 2.38. The van der Waals surface area contributed by atoms with Crippen LogP contribution in [-0.2, 0) is 0 Å². The number of hydrogen-bond donors (Lipinski definition) is 1. The van der Waals surface area contributed by atoms with Gasteiger partial charge in [0.25, 0.3) is 0 Å². The zero-order valence-electron chi connectivity index (χ0n) is 11.4. The number of aromatic nitrogens is 2. The van der Waals surface area contributed by atoms with Gasteiger partial charge in [0.1, 0.15) is 16.8 Å². The smallest absolute Gasteiger partial charge is 0.135 e. The lowest BCUT2D eigenvalue weighted by Gasteiger charge is -2.10. The van der Waals surface area contributed by atoms with Gasteiger partial charge in [-0.1, -0.05) is 37.3 Å². The van der Waals surface area contributed by atoms with Crippen molar-refractivity contribution >= 4 is 17.4 Å². The Morgan fingerprint density at radius 1 is 1.16 bits per heavy atom. The molecule has 3 rings (SSSR count). The van der Waals surface area contributed by atoms with Crippen molar-refractivity contribution in [2.45, 2.75) is 57.3 Å². The second-order valence-corrected chi connectivity index (χ2v) is 6.32. The lowest BCUT2D eigenvalue weighted by Crippen LogP contribution is -2.07. The van der Waals surface area contributed by atoms with Crippen molar-refractivity contribution in [3.8, 4) is 0 Å². The molecule has 2 fully saturated rings. The molecule has 1 heterocycles. The fourth-order valence-electron chi connectivity index (χ4n) is 2.96. The van der Waals surface area contributed by atoms with Gasteiger partial charge in [-0.05, 0) is 31.6 Å². The quantitative estimate of drug-likeness (QED) is 0.620. The summed E-state index contributed by atoms with van der Waals surface area (Å²) in [4.78, 5) is 8.86. The van der Waals surface area contributed by atoms with E-state index in [0.717, 1.165) is 24.1 Å². The van der Waals surface area contributed by atoms with Crippen molar-refractivity contribution in [1.82, 2.24) is 9.97 Å². The van der Waals surface area contributed by atoms with Crippen molar-refractivity contribution in [3.05, 3.63) is 17.0 Å². The summed E-state index contributed by atoms with van der Waals surface area (Å²) in [6.45, 7) is 0.994. The van der Waals surface area contributed by atoms with Gasteiger partial charge in [-0.15, -0.1) is 0 Å². The molecule has 0 spiro atoms. The van der Waals surface area contributed by atoms with E-state index in [1.807, 2.05) is 6.07 Å². The normalized spacial score (nSPS) is 19.8. The molecule has 2 aliphatic rings. The lowest BCUT2D eigenvalue weighted by molar-refractivity contribution is 0.491. The molecule has 0 amide bonds. The largest absolute Gasteiger partial charge is 0.370 e. The van der Waals surface area contributed by atoms with Gasteiger partial charge < -0.3 is 5.32 Å². The van der Waals surface area contributed by atoms with Crippen molar-refractivity contribution < 1.29 is 0 Å². The van der Waals surface area contributed by atoms with E-state index >= 15 is 0 Å². The summed E-state index contributed by atoms with van der Waals surface area (Å²) in [5.41, 5.74) is 0. The first kappa shape index (κ1) is 13.2. The minimum absolute atomic E-state index is 0.553. The van der Waals surface area contributed by atoms with Crippen LogP contribution in [0.15, 0.2) is 6.07 Å². The molecule has 0 unspecified atom stereocenters. The van der Waals surface area contributed by atoms with Crippen LogP contribution in [-0.4, -0.2) is 16.5 Å². The first-order chi connectivity index (χ1) is 9.31. The van der Waals surface area contributed by atoms with Crippen LogP contribution in [0.25, 0.3) is 0 Å². The fourth-order valence-corrected chi connectivity index (χ4v) is 3.15.